The minimum Gasteiger partial charge on any atom is -0.508 e. The van der Waals surface area contributed by atoms with E-state index in [0.29, 0.717) is 12.0 Å². The maximum absolute atomic E-state index is 12.1. The highest BCUT2D eigenvalue weighted by atomic mass is 32.2. The van der Waals surface area contributed by atoms with Crippen molar-refractivity contribution in [1.82, 2.24) is 5.32 Å². The van der Waals surface area contributed by atoms with Gasteiger partial charge in [-0.25, -0.2) is 8.42 Å². The zero-order valence-corrected chi connectivity index (χ0v) is 11.3. The van der Waals surface area contributed by atoms with Crippen LogP contribution in [0.4, 0.5) is 0 Å². The molecule has 1 aliphatic rings. The van der Waals surface area contributed by atoms with E-state index in [1.54, 1.807) is 24.3 Å². The van der Waals surface area contributed by atoms with Gasteiger partial charge in [0.05, 0.1) is 11.0 Å². The summed E-state index contributed by atoms with van der Waals surface area (Å²) in [6.07, 6.45) is 1.58. The molecule has 100 valence electrons. The summed E-state index contributed by atoms with van der Waals surface area (Å²) in [6, 6.07) is 6.58. The van der Waals surface area contributed by atoms with E-state index < -0.39 is 15.1 Å². The summed E-state index contributed by atoms with van der Waals surface area (Å²) in [4.78, 5) is 0. The fourth-order valence-corrected chi connectivity index (χ4v) is 4.56. The predicted octanol–water partition coefficient (Wildman–Crippen LogP) is 1.62. The fourth-order valence-electron chi connectivity index (χ4n) is 2.43. The normalized spacial score (nSPS) is 26.3. The van der Waals surface area contributed by atoms with Crippen LogP contribution in [0, 0.1) is 0 Å². The van der Waals surface area contributed by atoms with E-state index in [2.05, 4.69) is 12.2 Å². The van der Waals surface area contributed by atoms with Crippen molar-refractivity contribution in [1.29, 1.82) is 0 Å². The van der Waals surface area contributed by atoms with Gasteiger partial charge in [-0.3, -0.25) is 0 Å². The van der Waals surface area contributed by atoms with E-state index in [1.807, 2.05) is 0 Å². The van der Waals surface area contributed by atoms with Crippen molar-refractivity contribution in [2.75, 3.05) is 12.3 Å². The summed E-state index contributed by atoms with van der Waals surface area (Å²) in [5, 5.41) is 12.2. The zero-order valence-electron chi connectivity index (χ0n) is 10.5. The Labute approximate surface area is 108 Å². The van der Waals surface area contributed by atoms with Crippen molar-refractivity contribution in [2.45, 2.75) is 31.1 Å². The molecule has 1 aromatic carbocycles. The first kappa shape index (κ1) is 13.4. The number of rotatable bonds is 4. The third-order valence-corrected chi connectivity index (χ3v) is 5.49. The highest BCUT2D eigenvalue weighted by molar-refractivity contribution is 7.92. The van der Waals surface area contributed by atoms with E-state index >= 15 is 0 Å². The van der Waals surface area contributed by atoms with Crippen LogP contribution in [-0.2, 0) is 9.84 Å². The summed E-state index contributed by atoms with van der Waals surface area (Å²) >= 11 is 0. The number of phenols is 1. The molecule has 0 bridgehead atoms. The van der Waals surface area contributed by atoms with Crippen LogP contribution in [0.1, 0.15) is 30.6 Å². The Morgan fingerprint density at radius 3 is 2.89 bits per heavy atom. The Bertz CT molecular complexity index is 513. The molecule has 2 rings (SSSR count). The highest BCUT2D eigenvalue weighted by Crippen LogP contribution is 2.35. The minimum absolute atomic E-state index is 0.0299. The predicted molar refractivity (Wildman–Crippen MR) is 71.3 cm³/mol. The van der Waals surface area contributed by atoms with Gasteiger partial charge in [-0.15, -0.1) is 0 Å². The Morgan fingerprint density at radius 1 is 1.44 bits per heavy atom. The van der Waals surface area contributed by atoms with Crippen LogP contribution < -0.4 is 5.32 Å². The van der Waals surface area contributed by atoms with Gasteiger partial charge in [0, 0.05) is 6.04 Å². The molecule has 0 aliphatic carbocycles. The smallest absolute Gasteiger partial charge is 0.158 e. The van der Waals surface area contributed by atoms with Crippen molar-refractivity contribution in [3.05, 3.63) is 29.8 Å². The van der Waals surface area contributed by atoms with Crippen LogP contribution in [0.3, 0.4) is 0 Å². The molecule has 1 heterocycles. The Balaban J connectivity index is 2.18. The first-order chi connectivity index (χ1) is 8.53. The molecular formula is C13H19NO3S. The second-order valence-corrected chi connectivity index (χ2v) is 7.03. The quantitative estimate of drug-likeness (QED) is 0.871. The van der Waals surface area contributed by atoms with Crippen molar-refractivity contribution >= 4 is 9.84 Å². The van der Waals surface area contributed by atoms with Gasteiger partial charge in [-0.1, -0.05) is 19.1 Å². The van der Waals surface area contributed by atoms with E-state index in [4.69, 9.17) is 0 Å². The van der Waals surface area contributed by atoms with Crippen LogP contribution in [0.2, 0.25) is 0 Å². The second kappa shape index (κ2) is 5.28. The van der Waals surface area contributed by atoms with Gasteiger partial charge in [0.25, 0.3) is 0 Å². The van der Waals surface area contributed by atoms with E-state index in [-0.39, 0.29) is 17.5 Å². The first-order valence-corrected chi connectivity index (χ1v) is 7.98. The summed E-state index contributed by atoms with van der Waals surface area (Å²) in [6.45, 7) is 2.90. The molecule has 0 aromatic heterocycles. The van der Waals surface area contributed by atoms with Crippen molar-refractivity contribution in [2.24, 2.45) is 0 Å². The monoisotopic (exact) mass is 269 g/mol. The van der Waals surface area contributed by atoms with Crippen LogP contribution >= 0.6 is 0 Å². The van der Waals surface area contributed by atoms with Crippen LogP contribution in [-0.4, -0.2) is 31.9 Å². The van der Waals surface area contributed by atoms with Gasteiger partial charge in [0.2, 0.25) is 0 Å². The lowest BCUT2D eigenvalue weighted by Gasteiger charge is -2.11. The Kier molecular flexibility index (Phi) is 3.92. The molecule has 1 fully saturated rings. The maximum Gasteiger partial charge on any atom is 0.158 e. The average Bonchev–Trinajstić information content (AvgIpc) is 2.62. The maximum atomic E-state index is 12.1. The van der Waals surface area contributed by atoms with Crippen molar-refractivity contribution in [3.63, 3.8) is 0 Å². The number of sulfone groups is 1. The standard InChI is InChI=1S/C13H19NO3S/c1-2-6-14-11-8-13(18(16,17)9-11)10-4-3-5-12(15)7-10/h3-5,7,11,13-15H,2,6,8-9H2,1H3/t11?,13-/m1/s1. The molecule has 0 amide bonds. The number of nitrogens with one attached hydrogen (secondary N) is 1. The van der Waals surface area contributed by atoms with Crippen molar-refractivity contribution in [3.8, 4) is 5.75 Å². The molecule has 1 aromatic rings. The number of hydrogen-bond donors (Lipinski definition) is 2. The topological polar surface area (TPSA) is 66.4 Å². The summed E-state index contributed by atoms with van der Waals surface area (Å²) in [7, 11) is -3.11. The molecule has 4 nitrogen and oxygen atoms in total. The lowest BCUT2D eigenvalue weighted by molar-refractivity contribution is 0.473. The fraction of sp³-hybridized carbons (Fsp3) is 0.538. The van der Waals surface area contributed by atoms with Crippen LogP contribution in [0.25, 0.3) is 0 Å². The first-order valence-electron chi connectivity index (χ1n) is 6.27. The molecule has 1 aliphatic heterocycles. The van der Waals surface area contributed by atoms with Gasteiger partial charge in [-0.2, -0.15) is 0 Å². The molecule has 1 unspecified atom stereocenters. The molecule has 2 N–H and O–H groups in total. The molecule has 0 saturated carbocycles. The minimum atomic E-state index is -3.11. The van der Waals surface area contributed by atoms with Gasteiger partial charge >= 0.3 is 0 Å². The van der Waals surface area contributed by atoms with E-state index in [9.17, 15) is 13.5 Å². The molecule has 18 heavy (non-hydrogen) atoms. The highest BCUT2D eigenvalue weighted by Gasteiger charge is 2.38. The number of hydrogen-bond acceptors (Lipinski definition) is 4. The number of benzene rings is 1. The Morgan fingerprint density at radius 2 is 2.22 bits per heavy atom. The lowest BCUT2D eigenvalue weighted by Crippen LogP contribution is -2.30. The molecule has 2 atom stereocenters. The van der Waals surface area contributed by atoms with Gasteiger partial charge in [-0.05, 0) is 37.1 Å². The van der Waals surface area contributed by atoms with Crippen LogP contribution in [0.5, 0.6) is 5.75 Å². The van der Waals surface area contributed by atoms with E-state index in [0.717, 1.165) is 13.0 Å². The summed E-state index contributed by atoms with van der Waals surface area (Å²) < 4.78 is 24.3. The van der Waals surface area contributed by atoms with Crippen LogP contribution in [0.15, 0.2) is 24.3 Å². The molecule has 1 saturated heterocycles. The molecule has 5 heteroatoms. The largest absolute Gasteiger partial charge is 0.508 e. The summed E-state index contributed by atoms with van der Waals surface area (Å²) in [5.41, 5.74) is 0.691. The van der Waals surface area contributed by atoms with Gasteiger partial charge in [0.15, 0.2) is 9.84 Å². The number of aromatic hydroxyl groups is 1. The SMILES string of the molecule is CCCNC1C[C@H](c2cccc(O)c2)S(=O)(=O)C1. The number of phenolic OH excluding ortho intramolecular Hbond substituents is 1. The molecular weight excluding hydrogens is 250 g/mol. The summed E-state index contributed by atoms with van der Waals surface area (Å²) in [5.74, 6) is 0.306. The third kappa shape index (κ3) is 2.84. The van der Waals surface area contributed by atoms with Gasteiger partial charge < -0.3 is 10.4 Å². The van der Waals surface area contributed by atoms with Gasteiger partial charge in [0.1, 0.15) is 5.75 Å². The van der Waals surface area contributed by atoms with E-state index in [1.165, 1.54) is 0 Å². The Hall–Kier alpha value is -1.07. The van der Waals surface area contributed by atoms with Crippen molar-refractivity contribution < 1.29 is 13.5 Å². The second-order valence-electron chi connectivity index (χ2n) is 4.80. The lowest BCUT2D eigenvalue weighted by atomic mass is 10.1. The third-order valence-electron chi connectivity index (χ3n) is 3.29. The average molecular weight is 269 g/mol. The molecule has 0 spiro atoms. The molecule has 0 radical (unpaired) electrons. The zero-order chi connectivity index (χ0) is 13.2.